The van der Waals surface area contributed by atoms with Gasteiger partial charge in [-0.15, -0.1) is 0 Å². The van der Waals surface area contributed by atoms with Crippen LogP contribution in [0.1, 0.15) is 16.9 Å². The topological polar surface area (TPSA) is 88.8 Å². The summed E-state index contributed by atoms with van der Waals surface area (Å²) in [5, 5.41) is 2.69. The highest BCUT2D eigenvalue weighted by Gasteiger charge is 2.29. The quantitative estimate of drug-likeness (QED) is 0.594. The van der Waals surface area contributed by atoms with Crippen molar-refractivity contribution in [3.05, 3.63) is 77.7 Å². The Kier molecular flexibility index (Phi) is 6.47. The van der Waals surface area contributed by atoms with Crippen LogP contribution < -0.4 is 14.4 Å². The molecule has 0 bridgehead atoms. The summed E-state index contributed by atoms with van der Waals surface area (Å²) in [4.78, 5) is 12.7. The third-order valence-corrected chi connectivity index (χ3v) is 6.31. The van der Waals surface area contributed by atoms with Crippen molar-refractivity contribution in [2.75, 3.05) is 18.0 Å². The molecular formula is C22H24N2O5S. The van der Waals surface area contributed by atoms with Crippen LogP contribution in [0, 0.1) is 13.8 Å². The molecule has 1 N–H and O–H groups in total. The van der Waals surface area contributed by atoms with E-state index < -0.39 is 22.5 Å². The largest absolute Gasteiger partial charge is 0.495 e. The number of nitrogens with zero attached hydrogens (tertiary/aromatic N) is 1. The minimum Gasteiger partial charge on any atom is -0.495 e. The second kappa shape index (κ2) is 9.04. The van der Waals surface area contributed by atoms with Gasteiger partial charge in [0.25, 0.3) is 10.0 Å². The fourth-order valence-electron chi connectivity index (χ4n) is 2.92. The predicted octanol–water partition coefficient (Wildman–Crippen LogP) is 3.42. The zero-order valence-electron chi connectivity index (χ0n) is 17.1. The molecule has 8 heteroatoms. The average molecular weight is 429 g/mol. The average Bonchev–Trinajstić information content (AvgIpc) is 3.24. The number of hydrogen-bond donors (Lipinski definition) is 1. The molecule has 0 saturated heterocycles. The van der Waals surface area contributed by atoms with Gasteiger partial charge in [0.05, 0.1) is 30.5 Å². The van der Waals surface area contributed by atoms with E-state index >= 15 is 0 Å². The maximum atomic E-state index is 13.5. The number of nitrogens with one attached hydrogen (secondary N) is 1. The van der Waals surface area contributed by atoms with Gasteiger partial charge in [-0.25, -0.2) is 8.42 Å². The molecule has 158 valence electrons. The van der Waals surface area contributed by atoms with Crippen molar-refractivity contribution in [1.29, 1.82) is 0 Å². The molecule has 0 radical (unpaired) electrons. The molecule has 3 aromatic rings. The molecule has 2 aromatic carbocycles. The van der Waals surface area contributed by atoms with E-state index in [0.29, 0.717) is 17.2 Å². The molecule has 0 atom stereocenters. The first-order chi connectivity index (χ1) is 14.3. The first-order valence-electron chi connectivity index (χ1n) is 9.34. The van der Waals surface area contributed by atoms with Crippen molar-refractivity contribution in [3.8, 4) is 5.75 Å². The van der Waals surface area contributed by atoms with Crippen LogP contribution in [-0.2, 0) is 21.4 Å². The van der Waals surface area contributed by atoms with Crippen molar-refractivity contribution in [2.45, 2.75) is 25.3 Å². The molecule has 30 heavy (non-hydrogen) atoms. The molecule has 0 unspecified atom stereocenters. The number of furan rings is 1. The molecule has 1 aromatic heterocycles. The second-order valence-corrected chi connectivity index (χ2v) is 8.72. The van der Waals surface area contributed by atoms with Gasteiger partial charge in [0.1, 0.15) is 18.1 Å². The van der Waals surface area contributed by atoms with Gasteiger partial charge in [0.15, 0.2) is 0 Å². The van der Waals surface area contributed by atoms with Gasteiger partial charge >= 0.3 is 0 Å². The van der Waals surface area contributed by atoms with E-state index in [0.717, 1.165) is 15.4 Å². The maximum absolute atomic E-state index is 13.5. The summed E-state index contributed by atoms with van der Waals surface area (Å²) in [6, 6.07) is 15.1. The normalized spacial score (nSPS) is 11.2. The second-order valence-electron chi connectivity index (χ2n) is 6.86. The summed E-state index contributed by atoms with van der Waals surface area (Å²) in [5.74, 6) is 0.463. The first kappa shape index (κ1) is 21.4. The number of ether oxygens (including phenoxy) is 1. The van der Waals surface area contributed by atoms with Crippen LogP contribution in [-0.4, -0.2) is 28.0 Å². The fourth-order valence-corrected chi connectivity index (χ4v) is 4.34. The molecule has 0 spiro atoms. The molecular weight excluding hydrogens is 404 g/mol. The number of sulfonamides is 1. The van der Waals surface area contributed by atoms with E-state index in [2.05, 4.69) is 5.32 Å². The van der Waals surface area contributed by atoms with Crippen LogP contribution in [0.4, 0.5) is 5.69 Å². The molecule has 3 rings (SSSR count). The van der Waals surface area contributed by atoms with Gasteiger partial charge in [-0.3, -0.25) is 9.10 Å². The minimum atomic E-state index is -4.02. The van der Waals surface area contributed by atoms with Crippen LogP contribution in [0.5, 0.6) is 5.75 Å². The Balaban J connectivity index is 1.97. The van der Waals surface area contributed by atoms with E-state index in [1.807, 2.05) is 19.9 Å². The van der Waals surface area contributed by atoms with Crippen molar-refractivity contribution in [2.24, 2.45) is 0 Å². The summed E-state index contributed by atoms with van der Waals surface area (Å²) in [5.41, 5.74) is 2.07. The molecule has 0 fully saturated rings. The molecule has 0 aliphatic carbocycles. The lowest BCUT2D eigenvalue weighted by Crippen LogP contribution is -2.40. The van der Waals surface area contributed by atoms with Crippen molar-refractivity contribution in [1.82, 2.24) is 5.32 Å². The zero-order valence-corrected chi connectivity index (χ0v) is 17.9. The lowest BCUT2D eigenvalue weighted by molar-refractivity contribution is -0.119. The SMILES string of the molecule is COc1ccc(C)cc1N(CC(=O)NCc1ccco1)S(=O)(=O)c1ccc(C)cc1. The molecule has 0 aliphatic heterocycles. The highest BCUT2D eigenvalue weighted by atomic mass is 32.2. The molecule has 0 saturated carbocycles. The van der Waals surface area contributed by atoms with Gasteiger partial charge in [0, 0.05) is 0 Å². The Morgan fingerprint density at radius 1 is 1.07 bits per heavy atom. The Morgan fingerprint density at radius 3 is 2.40 bits per heavy atom. The number of methoxy groups -OCH3 is 1. The van der Waals surface area contributed by atoms with Crippen LogP contribution >= 0.6 is 0 Å². The number of aryl methyl sites for hydroxylation is 2. The van der Waals surface area contributed by atoms with Gasteiger partial charge in [0.2, 0.25) is 5.91 Å². The first-order valence-corrected chi connectivity index (χ1v) is 10.8. The third kappa shape index (κ3) is 4.83. The van der Waals surface area contributed by atoms with Crippen molar-refractivity contribution in [3.63, 3.8) is 0 Å². The number of carbonyl (C=O) groups excluding carboxylic acids is 1. The van der Waals surface area contributed by atoms with Gasteiger partial charge in [-0.2, -0.15) is 0 Å². The van der Waals surface area contributed by atoms with E-state index in [4.69, 9.17) is 9.15 Å². The number of rotatable bonds is 8. The van der Waals surface area contributed by atoms with Gasteiger partial charge < -0.3 is 14.5 Å². The molecule has 1 amide bonds. The number of hydrogen-bond acceptors (Lipinski definition) is 5. The summed E-state index contributed by atoms with van der Waals surface area (Å²) in [7, 11) is -2.56. The standard InChI is InChI=1S/C22H24N2O5S/c1-16-6-9-19(10-7-16)30(26,27)24(20-13-17(2)8-11-21(20)28-3)15-22(25)23-14-18-5-4-12-29-18/h4-13H,14-15H2,1-3H3,(H,23,25). The third-order valence-electron chi connectivity index (χ3n) is 4.54. The van der Waals surface area contributed by atoms with Crippen LogP contribution in [0.15, 0.2) is 70.2 Å². The smallest absolute Gasteiger partial charge is 0.264 e. The van der Waals surface area contributed by atoms with Gasteiger partial charge in [-0.1, -0.05) is 23.8 Å². The van der Waals surface area contributed by atoms with Crippen LogP contribution in [0.2, 0.25) is 0 Å². The van der Waals surface area contributed by atoms with Crippen molar-refractivity contribution < 1.29 is 22.4 Å². The maximum Gasteiger partial charge on any atom is 0.264 e. The van der Waals surface area contributed by atoms with E-state index in [1.165, 1.54) is 25.5 Å². The Bertz CT molecular complexity index is 1110. The monoisotopic (exact) mass is 428 g/mol. The zero-order chi connectivity index (χ0) is 21.7. The highest BCUT2D eigenvalue weighted by molar-refractivity contribution is 7.92. The minimum absolute atomic E-state index is 0.0930. The summed E-state index contributed by atoms with van der Waals surface area (Å²) in [6.45, 7) is 3.47. The van der Waals surface area contributed by atoms with Crippen LogP contribution in [0.3, 0.4) is 0 Å². The molecule has 0 aliphatic rings. The lowest BCUT2D eigenvalue weighted by atomic mass is 10.2. The van der Waals surface area contributed by atoms with Crippen LogP contribution in [0.25, 0.3) is 0 Å². The Morgan fingerprint density at radius 2 is 1.77 bits per heavy atom. The van der Waals surface area contributed by atoms with E-state index in [9.17, 15) is 13.2 Å². The van der Waals surface area contributed by atoms with E-state index in [-0.39, 0.29) is 11.4 Å². The van der Waals surface area contributed by atoms with Crippen molar-refractivity contribution >= 4 is 21.6 Å². The van der Waals surface area contributed by atoms with Gasteiger partial charge in [-0.05, 0) is 55.8 Å². The fraction of sp³-hybridized carbons (Fsp3) is 0.227. The Labute approximate surface area is 176 Å². The number of amides is 1. The lowest BCUT2D eigenvalue weighted by Gasteiger charge is -2.26. The molecule has 7 nitrogen and oxygen atoms in total. The summed E-state index contributed by atoms with van der Waals surface area (Å²) < 4.78 is 38.6. The number of anilines is 1. The number of benzene rings is 2. The predicted molar refractivity (Wildman–Crippen MR) is 114 cm³/mol. The van der Waals surface area contributed by atoms with E-state index in [1.54, 1.807) is 36.4 Å². The summed E-state index contributed by atoms with van der Waals surface area (Å²) >= 11 is 0. The highest BCUT2D eigenvalue weighted by Crippen LogP contribution is 2.33. The summed E-state index contributed by atoms with van der Waals surface area (Å²) in [6.07, 6.45) is 1.51. The molecule has 1 heterocycles. The number of carbonyl (C=O) groups is 1. The Hall–Kier alpha value is -3.26.